The minimum atomic E-state index is -1.15. The minimum absolute atomic E-state index is 0.0162. The Morgan fingerprint density at radius 1 is 1.19 bits per heavy atom. The highest BCUT2D eigenvalue weighted by Crippen LogP contribution is 2.27. The molecule has 3 aromatic rings. The first-order valence-electron chi connectivity index (χ1n) is 9.38. The fourth-order valence-corrected chi connectivity index (χ4v) is 3.80. The molecule has 1 saturated heterocycles. The van der Waals surface area contributed by atoms with E-state index in [1.165, 1.54) is 6.08 Å². The summed E-state index contributed by atoms with van der Waals surface area (Å²) < 4.78 is 5.74. The van der Waals surface area contributed by atoms with Gasteiger partial charge < -0.3 is 14.8 Å². The third-order valence-corrected chi connectivity index (χ3v) is 5.74. The van der Waals surface area contributed by atoms with E-state index in [0.717, 1.165) is 10.5 Å². The summed E-state index contributed by atoms with van der Waals surface area (Å²) in [6, 6.07) is 14.5. The number of hydrogen-bond donors (Lipinski definition) is 2. The number of carbonyl (C=O) groups is 2. The average molecular weight is 488 g/mol. The fourth-order valence-electron chi connectivity index (χ4n) is 3.22. The Balaban J connectivity index is 1.57. The van der Waals surface area contributed by atoms with E-state index in [1.54, 1.807) is 48.5 Å². The first-order valence-corrected chi connectivity index (χ1v) is 10.5. The van der Waals surface area contributed by atoms with Crippen LogP contribution in [0.3, 0.4) is 0 Å². The number of aliphatic carboxylic acids is 1. The van der Waals surface area contributed by atoms with E-state index in [9.17, 15) is 14.7 Å². The van der Waals surface area contributed by atoms with Gasteiger partial charge in [0.1, 0.15) is 28.3 Å². The number of nitrogens with zero attached hydrogens (tertiary/aromatic N) is 2. The van der Waals surface area contributed by atoms with Crippen LogP contribution in [0.15, 0.2) is 64.7 Å². The summed E-state index contributed by atoms with van der Waals surface area (Å²) in [4.78, 5) is 30.1. The first kappa shape index (κ1) is 22.0. The Labute approximate surface area is 198 Å². The lowest BCUT2D eigenvalue weighted by molar-refractivity contribution is -0.145. The van der Waals surface area contributed by atoms with Gasteiger partial charge >= 0.3 is 5.97 Å². The second-order valence-electron chi connectivity index (χ2n) is 6.88. The van der Waals surface area contributed by atoms with Crippen LogP contribution in [0.4, 0.5) is 0 Å². The summed E-state index contributed by atoms with van der Waals surface area (Å²) in [5.41, 5.74) is 1.36. The summed E-state index contributed by atoms with van der Waals surface area (Å²) >= 11 is 17.1. The monoisotopic (exact) mass is 487 g/mol. The Kier molecular flexibility index (Phi) is 6.27. The molecule has 1 amide bonds. The van der Waals surface area contributed by atoms with E-state index in [4.69, 9.17) is 39.8 Å². The topological polar surface area (TPSA) is 95.7 Å². The number of hydrogen-bond acceptors (Lipinski definition) is 5. The van der Waals surface area contributed by atoms with Crippen LogP contribution in [0.25, 0.3) is 17.5 Å². The largest absolute Gasteiger partial charge is 0.480 e. The first-order chi connectivity index (χ1) is 15.3. The van der Waals surface area contributed by atoms with Gasteiger partial charge in [-0.2, -0.15) is 0 Å². The van der Waals surface area contributed by atoms with E-state index in [1.807, 2.05) is 6.07 Å². The molecule has 3 heterocycles. The molecular formula is C22H15Cl2N3O4S. The van der Waals surface area contributed by atoms with Crippen molar-refractivity contribution < 1.29 is 19.1 Å². The second kappa shape index (κ2) is 9.12. The third kappa shape index (κ3) is 4.52. The highest BCUT2D eigenvalue weighted by atomic mass is 35.5. The number of aromatic nitrogens is 1. The smallest absolute Gasteiger partial charge is 0.327 e. The van der Waals surface area contributed by atoms with Crippen LogP contribution >= 0.6 is 35.4 Å². The zero-order valence-electron chi connectivity index (χ0n) is 16.3. The van der Waals surface area contributed by atoms with E-state index in [0.29, 0.717) is 22.2 Å². The van der Waals surface area contributed by atoms with Crippen molar-refractivity contribution >= 4 is 58.5 Å². The molecule has 1 fully saturated rings. The second-order valence-corrected chi connectivity index (χ2v) is 8.03. The van der Waals surface area contributed by atoms with E-state index >= 15 is 0 Å². The molecule has 162 valence electrons. The van der Waals surface area contributed by atoms with Gasteiger partial charge in [0.25, 0.3) is 5.91 Å². The van der Waals surface area contributed by atoms with Gasteiger partial charge in [-0.1, -0.05) is 53.5 Å². The molecule has 0 saturated carbocycles. The number of benzene rings is 1. The molecular weight excluding hydrogens is 473 g/mol. The number of furan rings is 1. The molecule has 0 spiro atoms. The van der Waals surface area contributed by atoms with Crippen LogP contribution in [-0.4, -0.2) is 38.0 Å². The van der Waals surface area contributed by atoms with Gasteiger partial charge in [0.05, 0.1) is 5.02 Å². The molecule has 2 aromatic heterocycles. The maximum atomic E-state index is 13.0. The summed E-state index contributed by atoms with van der Waals surface area (Å²) in [6.45, 7) is 0. The molecule has 1 aliphatic rings. The minimum Gasteiger partial charge on any atom is -0.480 e. The van der Waals surface area contributed by atoms with Gasteiger partial charge in [-0.25, -0.2) is 9.78 Å². The lowest BCUT2D eigenvalue weighted by atomic mass is 10.0. The Morgan fingerprint density at radius 3 is 2.62 bits per heavy atom. The number of pyridine rings is 1. The van der Waals surface area contributed by atoms with Crippen molar-refractivity contribution in [2.45, 2.75) is 12.5 Å². The van der Waals surface area contributed by atoms with Gasteiger partial charge in [-0.15, -0.1) is 0 Å². The van der Waals surface area contributed by atoms with Crippen LogP contribution in [0.5, 0.6) is 0 Å². The highest BCUT2D eigenvalue weighted by molar-refractivity contribution is 7.80. The van der Waals surface area contributed by atoms with Crippen LogP contribution in [0.2, 0.25) is 10.2 Å². The van der Waals surface area contributed by atoms with Gasteiger partial charge in [-0.05, 0) is 42.0 Å². The predicted octanol–water partition coefficient (Wildman–Crippen LogP) is 4.40. The lowest BCUT2D eigenvalue weighted by Crippen LogP contribution is -2.46. The van der Waals surface area contributed by atoms with Crippen molar-refractivity contribution in [3.05, 3.63) is 81.8 Å². The highest BCUT2D eigenvalue weighted by Gasteiger charge is 2.39. The van der Waals surface area contributed by atoms with E-state index in [2.05, 4.69) is 10.3 Å². The molecule has 1 atom stereocenters. The van der Waals surface area contributed by atoms with Crippen molar-refractivity contribution in [1.29, 1.82) is 0 Å². The molecule has 7 nitrogen and oxygen atoms in total. The number of thiocarbonyl (C=S) groups is 1. The normalized spacial score (nSPS) is 15.8. The molecule has 1 aliphatic heterocycles. The van der Waals surface area contributed by atoms with Crippen LogP contribution < -0.4 is 5.32 Å². The predicted molar refractivity (Wildman–Crippen MR) is 124 cm³/mol. The molecule has 1 aromatic carbocycles. The van der Waals surface area contributed by atoms with Gasteiger partial charge in [0.2, 0.25) is 0 Å². The number of halogens is 2. The van der Waals surface area contributed by atoms with Crippen LogP contribution in [-0.2, 0) is 16.0 Å². The standard InChI is InChI=1S/C22H15Cl2N3O4S/c23-14-7-8-15(25-19(14)24)18-9-6-13(31-18)11-16-20(28)27(22(32)26-16)17(21(29)30)10-12-4-2-1-3-5-12/h1-9,11,17H,10H2,(H,26,32)(H,29,30)/b16-11+. The number of carboxylic acid groups (broad SMARTS) is 1. The van der Waals surface area contributed by atoms with Crippen molar-refractivity contribution in [2.24, 2.45) is 0 Å². The molecule has 0 radical (unpaired) electrons. The maximum absolute atomic E-state index is 13.0. The summed E-state index contributed by atoms with van der Waals surface area (Å²) in [5.74, 6) is -0.932. The molecule has 0 aliphatic carbocycles. The zero-order valence-corrected chi connectivity index (χ0v) is 18.6. The van der Waals surface area contributed by atoms with Crippen LogP contribution in [0.1, 0.15) is 11.3 Å². The average Bonchev–Trinajstić information content (AvgIpc) is 3.34. The number of nitrogens with one attached hydrogen (secondary N) is 1. The number of amides is 1. The van der Waals surface area contributed by atoms with Gasteiger partial charge in [0, 0.05) is 12.5 Å². The SMILES string of the molecule is O=C(O)C(Cc1ccccc1)N1C(=O)/C(=C\c2ccc(-c3ccc(Cl)c(Cl)n3)o2)NC1=S. The fraction of sp³-hybridized carbons (Fsp3) is 0.0909. The molecule has 4 rings (SSSR count). The molecule has 1 unspecified atom stereocenters. The summed E-state index contributed by atoms with van der Waals surface area (Å²) in [6.07, 6.45) is 1.57. The zero-order chi connectivity index (χ0) is 22.8. The van der Waals surface area contributed by atoms with Crippen LogP contribution in [0, 0.1) is 0 Å². The Bertz CT molecular complexity index is 1240. The van der Waals surface area contributed by atoms with E-state index in [-0.39, 0.29) is 22.4 Å². The van der Waals surface area contributed by atoms with Gasteiger partial charge in [0.15, 0.2) is 10.9 Å². The Morgan fingerprint density at radius 2 is 1.94 bits per heavy atom. The number of carboxylic acids is 1. The third-order valence-electron chi connectivity index (χ3n) is 4.75. The number of rotatable bonds is 6. The quantitative estimate of drug-likeness (QED) is 0.302. The maximum Gasteiger partial charge on any atom is 0.327 e. The molecule has 32 heavy (non-hydrogen) atoms. The van der Waals surface area contributed by atoms with Crippen molar-refractivity contribution in [1.82, 2.24) is 15.2 Å². The van der Waals surface area contributed by atoms with Crippen molar-refractivity contribution in [3.63, 3.8) is 0 Å². The summed E-state index contributed by atoms with van der Waals surface area (Å²) in [5, 5.41) is 13.0. The lowest BCUT2D eigenvalue weighted by Gasteiger charge is -2.22. The molecule has 10 heteroatoms. The molecule has 0 bridgehead atoms. The molecule has 2 N–H and O–H groups in total. The van der Waals surface area contributed by atoms with Crippen molar-refractivity contribution in [2.75, 3.05) is 0 Å². The van der Waals surface area contributed by atoms with Crippen molar-refractivity contribution in [3.8, 4) is 11.5 Å². The number of carbonyl (C=O) groups excluding carboxylic acids is 1. The van der Waals surface area contributed by atoms with E-state index < -0.39 is 17.9 Å². The van der Waals surface area contributed by atoms with Gasteiger partial charge in [-0.3, -0.25) is 9.69 Å². The Hall–Kier alpha value is -3.20. The summed E-state index contributed by atoms with van der Waals surface area (Å²) in [7, 11) is 0.